The van der Waals surface area contributed by atoms with Crippen molar-refractivity contribution < 1.29 is 15.0 Å². The zero-order valence-corrected chi connectivity index (χ0v) is 18.1. The van der Waals surface area contributed by atoms with Gasteiger partial charge in [0, 0.05) is 17.0 Å². The fourth-order valence-electron chi connectivity index (χ4n) is 4.15. The molecule has 0 spiro atoms. The van der Waals surface area contributed by atoms with E-state index in [-0.39, 0.29) is 0 Å². The van der Waals surface area contributed by atoms with Crippen LogP contribution < -0.4 is 0 Å². The van der Waals surface area contributed by atoms with E-state index in [1.165, 1.54) is 0 Å². The second kappa shape index (κ2) is 10.1. The fourth-order valence-corrected chi connectivity index (χ4v) is 4.15. The van der Waals surface area contributed by atoms with Crippen LogP contribution in [0.15, 0.2) is 126 Å². The topological polar surface area (TPSA) is 69.9 Å². The summed E-state index contributed by atoms with van der Waals surface area (Å²) in [5.41, 5.74) is 1.77. The van der Waals surface area contributed by atoms with E-state index < -0.39 is 24.0 Å². The van der Waals surface area contributed by atoms with Crippen LogP contribution in [0.1, 0.15) is 28.2 Å². The van der Waals surface area contributed by atoms with Crippen molar-refractivity contribution in [1.29, 1.82) is 0 Å². The molecule has 4 heteroatoms. The molecule has 0 radical (unpaired) electrons. The van der Waals surface area contributed by atoms with Crippen LogP contribution in [0.5, 0.6) is 0 Å². The number of hydrogen-bond donors (Lipinski definition) is 2. The van der Waals surface area contributed by atoms with Crippen molar-refractivity contribution in [2.45, 2.75) is 11.5 Å². The number of aliphatic hydroxyl groups is 1. The molecule has 4 nitrogen and oxygen atoms in total. The van der Waals surface area contributed by atoms with Crippen molar-refractivity contribution in [2.24, 2.45) is 4.99 Å². The van der Waals surface area contributed by atoms with Crippen LogP contribution in [0.4, 0.5) is 0 Å². The van der Waals surface area contributed by atoms with Gasteiger partial charge in [-0.3, -0.25) is 4.99 Å². The van der Waals surface area contributed by atoms with Gasteiger partial charge < -0.3 is 10.2 Å². The summed E-state index contributed by atoms with van der Waals surface area (Å²) in [5.74, 6) is -1.89. The van der Waals surface area contributed by atoms with Gasteiger partial charge in [-0.05, 0) is 11.1 Å². The van der Waals surface area contributed by atoms with Crippen LogP contribution >= 0.6 is 0 Å². The van der Waals surface area contributed by atoms with Crippen LogP contribution in [0.3, 0.4) is 0 Å². The first-order chi connectivity index (χ1) is 16.2. The molecule has 0 aliphatic carbocycles. The van der Waals surface area contributed by atoms with Crippen molar-refractivity contribution in [2.75, 3.05) is 6.61 Å². The van der Waals surface area contributed by atoms with Gasteiger partial charge in [-0.1, -0.05) is 121 Å². The molecule has 0 amide bonds. The molecule has 0 aromatic heterocycles. The third-order valence-electron chi connectivity index (χ3n) is 5.76. The average molecular weight is 436 g/mol. The van der Waals surface area contributed by atoms with Gasteiger partial charge in [0.15, 0.2) is 5.54 Å². The summed E-state index contributed by atoms with van der Waals surface area (Å²) in [5, 5.41) is 21.3. The highest BCUT2D eigenvalue weighted by molar-refractivity contribution is 6.14. The van der Waals surface area contributed by atoms with Gasteiger partial charge in [0.25, 0.3) is 0 Å². The standard InChI is InChI=1S/C29H25NO3/c31-21-29(28(32)33,26(22-13-5-1-6-14-22)23-15-7-2-8-16-23)30-27(24-17-9-3-10-18-24)25-19-11-4-12-20-25/h1-20,26,31H,21H2,(H,32,33)/t29-/m0/s1. The number of aliphatic imine (C=N–C) groups is 1. The van der Waals surface area contributed by atoms with Gasteiger partial charge in [0.2, 0.25) is 0 Å². The summed E-state index contributed by atoms with van der Waals surface area (Å²) in [6.45, 7) is -0.667. The Kier molecular flexibility index (Phi) is 6.77. The summed E-state index contributed by atoms with van der Waals surface area (Å²) in [6, 6.07) is 37.7. The Morgan fingerprint density at radius 2 is 1.03 bits per heavy atom. The SMILES string of the molecule is O=C(O)[C@@](CO)(N=C(c1ccccc1)c1ccccc1)C(c1ccccc1)c1ccccc1. The monoisotopic (exact) mass is 435 g/mol. The lowest BCUT2D eigenvalue weighted by molar-refractivity contribution is -0.145. The summed E-state index contributed by atoms with van der Waals surface area (Å²) in [4.78, 5) is 17.9. The van der Waals surface area contributed by atoms with E-state index >= 15 is 0 Å². The Morgan fingerprint density at radius 1 is 0.667 bits per heavy atom. The first-order valence-electron chi connectivity index (χ1n) is 10.8. The van der Waals surface area contributed by atoms with Gasteiger partial charge in [-0.15, -0.1) is 0 Å². The Bertz CT molecular complexity index is 1130. The Hall–Kier alpha value is -4.02. The van der Waals surface area contributed by atoms with E-state index in [9.17, 15) is 15.0 Å². The highest BCUT2D eigenvalue weighted by atomic mass is 16.4. The molecule has 0 heterocycles. The Morgan fingerprint density at radius 3 is 1.36 bits per heavy atom. The van der Waals surface area contributed by atoms with E-state index in [0.717, 1.165) is 22.3 Å². The van der Waals surface area contributed by atoms with Gasteiger partial charge >= 0.3 is 5.97 Å². The van der Waals surface area contributed by atoms with Crippen molar-refractivity contribution in [1.82, 2.24) is 0 Å². The van der Waals surface area contributed by atoms with E-state index in [0.29, 0.717) is 5.71 Å². The molecule has 4 aromatic rings. The second-order valence-corrected chi connectivity index (χ2v) is 7.83. The van der Waals surface area contributed by atoms with Crippen molar-refractivity contribution >= 4 is 11.7 Å². The minimum atomic E-state index is -1.84. The number of aliphatic hydroxyl groups excluding tert-OH is 1. The van der Waals surface area contributed by atoms with Gasteiger partial charge in [0.1, 0.15) is 0 Å². The van der Waals surface area contributed by atoms with Crippen LogP contribution in [-0.2, 0) is 4.79 Å². The van der Waals surface area contributed by atoms with Crippen LogP contribution in [-0.4, -0.2) is 34.0 Å². The summed E-state index contributed by atoms with van der Waals surface area (Å²) in [6.07, 6.45) is 0. The Labute approximate surface area is 193 Å². The highest BCUT2D eigenvalue weighted by Gasteiger charge is 2.48. The number of benzene rings is 4. The van der Waals surface area contributed by atoms with Gasteiger partial charge in [-0.25, -0.2) is 4.79 Å². The van der Waals surface area contributed by atoms with Crippen molar-refractivity contribution in [3.05, 3.63) is 144 Å². The molecule has 4 aromatic carbocycles. The Balaban J connectivity index is 2.02. The van der Waals surface area contributed by atoms with Crippen LogP contribution in [0, 0.1) is 0 Å². The molecule has 1 atom stereocenters. The van der Waals surface area contributed by atoms with Crippen molar-refractivity contribution in [3.8, 4) is 0 Å². The molecule has 0 bridgehead atoms. The molecular formula is C29H25NO3. The maximum Gasteiger partial charge on any atom is 0.335 e. The molecular weight excluding hydrogens is 410 g/mol. The summed E-state index contributed by atoms with van der Waals surface area (Å²) >= 11 is 0. The lowest BCUT2D eigenvalue weighted by atomic mass is 9.75. The number of aliphatic carboxylic acids is 1. The third kappa shape index (κ3) is 4.61. The number of carbonyl (C=O) groups is 1. The largest absolute Gasteiger partial charge is 0.479 e. The minimum absolute atomic E-state index is 0.518. The van der Waals surface area contributed by atoms with Crippen LogP contribution in [0.2, 0.25) is 0 Å². The predicted octanol–water partition coefficient (Wildman–Crippen LogP) is 5.17. The predicted molar refractivity (Wildman–Crippen MR) is 131 cm³/mol. The normalized spacial score (nSPS) is 12.7. The molecule has 33 heavy (non-hydrogen) atoms. The van der Waals surface area contributed by atoms with E-state index in [2.05, 4.69) is 0 Å². The maximum absolute atomic E-state index is 13.0. The van der Waals surface area contributed by atoms with Crippen molar-refractivity contribution in [3.63, 3.8) is 0 Å². The molecule has 2 N–H and O–H groups in total. The third-order valence-corrected chi connectivity index (χ3v) is 5.76. The molecule has 0 unspecified atom stereocenters. The van der Waals surface area contributed by atoms with Crippen LogP contribution in [0.25, 0.3) is 0 Å². The number of rotatable bonds is 8. The summed E-state index contributed by atoms with van der Waals surface area (Å²) < 4.78 is 0. The molecule has 0 saturated heterocycles. The lowest BCUT2D eigenvalue weighted by Crippen LogP contribution is -2.47. The fraction of sp³-hybridized carbons (Fsp3) is 0.103. The number of carboxylic acids is 1. The van der Waals surface area contributed by atoms with E-state index in [4.69, 9.17) is 4.99 Å². The minimum Gasteiger partial charge on any atom is -0.479 e. The molecule has 0 fully saturated rings. The zero-order chi connectivity index (χ0) is 23.1. The number of nitrogens with zero attached hydrogens (tertiary/aromatic N) is 1. The first kappa shape index (κ1) is 22.2. The molecule has 164 valence electrons. The maximum atomic E-state index is 13.0. The first-order valence-corrected chi connectivity index (χ1v) is 10.8. The van der Waals surface area contributed by atoms with E-state index in [1.54, 1.807) is 0 Å². The molecule has 0 aliphatic rings. The second-order valence-electron chi connectivity index (χ2n) is 7.83. The number of carboxylic acid groups (broad SMARTS) is 1. The summed E-state index contributed by atoms with van der Waals surface area (Å²) in [7, 11) is 0. The zero-order valence-electron chi connectivity index (χ0n) is 18.1. The quantitative estimate of drug-likeness (QED) is 0.375. The molecule has 0 aliphatic heterocycles. The van der Waals surface area contributed by atoms with E-state index in [1.807, 2.05) is 121 Å². The van der Waals surface area contributed by atoms with Gasteiger partial charge in [-0.2, -0.15) is 0 Å². The number of hydrogen-bond acceptors (Lipinski definition) is 3. The lowest BCUT2D eigenvalue weighted by Gasteiger charge is -2.34. The average Bonchev–Trinajstić information content (AvgIpc) is 2.88. The smallest absolute Gasteiger partial charge is 0.335 e. The molecule has 0 saturated carbocycles. The van der Waals surface area contributed by atoms with Gasteiger partial charge in [0.05, 0.1) is 12.3 Å². The molecule has 4 rings (SSSR count). The highest BCUT2D eigenvalue weighted by Crippen LogP contribution is 2.39.